The molecular weight excluding hydrogens is 388 g/mol. The van der Waals surface area contributed by atoms with Gasteiger partial charge in [0.25, 0.3) is 0 Å². The first-order valence-corrected chi connectivity index (χ1v) is 11.9. The van der Waals surface area contributed by atoms with Gasteiger partial charge < -0.3 is 15.1 Å². The summed E-state index contributed by atoms with van der Waals surface area (Å²) in [6.45, 7) is 2.16. The summed E-state index contributed by atoms with van der Waals surface area (Å²) in [7, 11) is 6.03. The van der Waals surface area contributed by atoms with Crippen molar-refractivity contribution in [2.24, 2.45) is 5.92 Å². The number of carbonyl (C=O) groups is 2. The average molecular weight is 427 g/mol. The van der Waals surface area contributed by atoms with Gasteiger partial charge in [-0.3, -0.25) is 9.69 Å². The van der Waals surface area contributed by atoms with Crippen LogP contribution in [0.2, 0.25) is 0 Å². The van der Waals surface area contributed by atoms with Crippen LogP contribution in [0.1, 0.15) is 56.9 Å². The van der Waals surface area contributed by atoms with Crippen molar-refractivity contribution in [3.8, 4) is 0 Å². The van der Waals surface area contributed by atoms with Crippen LogP contribution < -0.4 is 5.32 Å². The Kier molecular flexibility index (Phi) is 6.29. The molecule has 1 spiro atoms. The van der Waals surface area contributed by atoms with E-state index in [1.807, 2.05) is 4.90 Å². The van der Waals surface area contributed by atoms with E-state index in [9.17, 15) is 9.59 Å². The maximum absolute atomic E-state index is 13.4. The zero-order valence-electron chi connectivity index (χ0n) is 19.4. The second kappa shape index (κ2) is 8.81. The van der Waals surface area contributed by atoms with E-state index in [-0.39, 0.29) is 23.0 Å². The van der Waals surface area contributed by atoms with Gasteiger partial charge >= 0.3 is 6.03 Å². The maximum Gasteiger partial charge on any atom is 0.320 e. The fourth-order valence-electron chi connectivity index (χ4n) is 5.92. The molecule has 1 heterocycles. The Bertz CT molecular complexity index is 782. The Labute approximate surface area is 187 Å². The first-order chi connectivity index (χ1) is 14.9. The van der Waals surface area contributed by atoms with Crippen molar-refractivity contribution in [2.45, 2.75) is 62.4 Å². The molecule has 2 aliphatic carbocycles. The van der Waals surface area contributed by atoms with Gasteiger partial charge in [0.1, 0.15) is 0 Å². The normalized spacial score (nSPS) is 29.0. The van der Waals surface area contributed by atoms with Gasteiger partial charge in [-0.1, -0.05) is 36.8 Å². The zero-order chi connectivity index (χ0) is 22.1. The van der Waals surface area contributed by atoms with Crippen LogP contribution in [0, 0.1) is 5.92 Å². The summed E-state index contributed by atoms with van der Waals surface area (Å²) in [4.78, 5) is 31.8. The standard InChI is InChI=1S/C25H38N4O2/c1-26-22(30)12-17-28-19-24(29(23(28)31)18-20-8-7-9-20)13-15-25(16-14-24,27(2)3)21-10-5-4-6-11-21/h4-6,10-11,20H,7-9,12-19H2,1-3H3,(H,26,30). The molecule has 2 saturated carbocycles. The van der Waals surface area contributed by atoms with Gasteiger partial charge in [-0.05, 0) is 64.1 Å². The molecule has 170 valence electrons. The molecule has 0 atom stereocenters. The molecule has 31 heavy (non-hydrogen) atoms. The highest BCUT2D eigenvalue weighted by Crippen LogP contribution is 2.49. The molecule has 3 aliphatic rings. The van der Waals surface area contributed by atoms with Crippen LogP contribution in [0.3, 0.4) is 0 Å². The SMILES string of the molecule is CNC(=O)CCN1CC2(CCC(c3ccccc3)(N(C)C)CC2)N(CC2CCC2)C1=O. The lowest BCUT2D eigenvalue weighted by Crippen LogP contribution is -2.56. The topological polar surface area (TPSA) is 55.9 Å². The number of nitrogens with one attached hydrogen (secondary N) is 1. The van der Waals surface area contributed by atoms with E-state index in [1.54, 1.807) is 7.05 Å². The number of rotatable bonds is 7. The Balaban J connectivity index is 1.55. The maximum atomic E-state index is 13.4. The molecular formula is C25H38N4O2. The molecule has 1 N–H and O–H groups in total. The van der Waals surface area contributed by atoms with Crippen molar-refractivity contribution in [1.82, 2.24) is 20.0 Å². The highest BCUT2D eigenvalue weighted by atomic mass is 16.2. The molecule has 6 nitrogen and oxygen atoms in total. The number of amides is 3. The summed E-state index contributed by atoms with van der Waals surface area (Å²) < 4.78 is 0. The van der Waals surface area contributed by atoms with Gasteiger partial charge in [-0.2, -0.15) is 0 Å². The predicted molar refractivity (Wildman–Crippen MR) is 123 cm³/mol. The largest absolute Gasteiger partial charge is 0.359 e. The van der Waals surface area contributed by atoms with Crippen LogP contribution in [0.4, 0.5) is 4.79 Å². The third-order valence-corrected chi connectivity index (χ3v) is 8.29. The molecule has 1 aromatic carbocycles. The fourth-order valence-corrected chi connectivity index (χ4v) is 5.92. The minimum atomic E-state index is -0.0936. The third-order valence-electron chi connectivity index (χ3n) is 8.29. The molecule has 0 bridgehead atoms. The van der Waals surface area contributed by atoms with Gasteiger partial charge in [0.15, 0.2) is 0 Å². The fraction of sp³-hybridized carbons (Fsp3) is 0.680. The molecule has 4 rings (SSSR count). The van der Waals surface area contributed by atoms with Gasteiger partial charge in [0.2, 0.25) is 5.91 Å². The lowest BCUT2D eigenvalue weighted by Gasteiger charge is -2.51. The first-order valence-electron chi connectivity index (χ1n) is 11.9. The van der Waals surface area contributed by atoms with Crippen LogP contribution in [-0.2, 0) is 10.3 Å². The van der Waals surface area contributed by atoms with Gasteiger partial charge in [0.05, 0.1) is 5.54 Å². The lowest BCUT2D eigenvalue weighted by molar-refractivity contribution is -0.120. The lowest BCUT2D eigenvalue weighted by atomic mass is 9.68. The summed E-state index contributed by atoms with van der Waals surface area (Å²) in [6, 6.07) is 11.0. The van der Waals surface area contributed by atoms with E-state index in [1.165, 1.54) is 24.8 Å². The molecule has 0 unspecified atom stereocenters. The number of urea groups is 1. The van der Waals surface area contributed by atoms with Crippen LogP contribution in [0.25, 0.3) is 0 Å². The van der Waals surface area contributed by atoms with E-state index >= 15 is 0 Å². The van der Waals surface area contributed by atoms with Gasteiger partial charge in [-0.25, -0.2) is 4.79 Å². The van der Waals surface area contributed by atoms with Crippen LogP contribution >= 0.6 is 0 Å². The number of nitrogens with zero attached hydrogens (tertiary/aromatic N) is 3. The minimum absolute atomic E-state index is 0.00126. The molecule has 0 radical (unpaired) electrons. The van der Waals surface area contributed by atoms with E-state index in [2.05, 4.69) is 59.5 Å². The van der Waals surface area contributed by atoms with Crippen LogP contribution in [0.15, 0.2) is 30.3 Å². The number of carbonyl (C=O) groups excluding carboxylic acids is 2. The monoisotopic (exact) mass is 426 g/mol. The average Bonchev–Trinajstić information content (AvgIpc) is 3.00. The Hall–Kier alpha value is -2.08. The second-order valence-corrected chi connectivity index (χ2v) is 10.1. The van der Waals surface area contributed by atoms with Gasteiger partial charge in [0, 0.05) is 38.6 Å². The number of benzene rings is 1. The first kappa shape index (κ1) is 22.1. The van der Waals surface area contributed by atoms with E-state index in [4.69, 9.17) is 0 Å². The molecule has 3 amide bonds. The quantitative estimate of drug-likeness (QED) is 0.727. The second-order valence-electron chi connectivity index (χ2n) is 10.1. The Morgan fingerprint density at radius 1 is 1.13 bits per heavy atom. The highest BCUT2D eigenvalue weighted by molar-refractivity contribution is 5.80. The van der Waals surface area contributed by atoms with E-state index in [0.717, 1.165) is 38.8 Å². The van der Waals surface area contributed by atoms with Crippen LogP contribution in [0.5, 0.6) is 0 Å². The van der Waals surface area contributed by atoms with Crippen molar-refractivity contribution in [3.05, 3.63) is 35.9 Å². The molecule has 0 aromatic heterocycles. The van der Waals surface area contributed by atoms with E-state index < -0.39 is 0 Å². The third kappa shape index (κ3) is 4.07. The highest BCUT2D eigenvalue weighted by Gasteiger charge is 2.54. The summed E-state index contributed by atoms with van der Waals surface area (Å²) in [5, 5.41) is 2.68. The summed E-state index contributed by atoms with van der Waals surface area (Å²) in [6.07, 6.45) is 8.25. The van der Waals surface area contributed by atoms with Crippen molar-refractivity contribution in [3.63, 3.8) is 0 Å². The summed E-state index contributed by atoms with van der Waals surface area (Å²) >= 11 is 0. The molecule has 6 heteroatoms. The Morgan fingerprint density at radius 3 is 2.35 bits per heavy atom. The number of hydrogen-bond acceptors (Lipinski definition) is 3. The molecule has 1 aliphatic heterocycles. The molecule has 1 saturated heterocycles. The summed E-state index contributed by atoms with van der Waals surface area (Å²) in [5.74, 6) is 0.646. The molecule has 3 fully saturated rings. The molecule has 1 aromatic rings. The Morgan fingerprint density at radius 2 is 1.81 bits per heavy atom. The van der Waals surface area contributed by atoms with Crippen molar-refractivity contribution in [1.29, 1.82) is 0 Å². The predicted octanol–water partition coefficient (Wildman–Crippen LogP) is 3.43. The van der Waals surface area contributed by atoms with Crippen LogP contribution in [-0.4, -0.2) is 73.0 Å². The van der Waals surface area contributed by atoms with Crippen molar-refractivity contribution < 1.29 is 9.59 Å². The van der Waals surface area contributed by atoms with E-state index in [0.29, 0.717) is 18.9 Å². The summed E-state index contributed by atoms with van der Waals surface area (Å²) in [5.41, 5.74) is 1.30. The zero-order valence-corrected chi connectivity index (χ0v) is 19.4. The number of hydrogen-bond donors (Lipinski definition) is 1. The van der Waals surface area contributed by atoms with Crippen molar-refractivity contribution in [2.75, 3.05) is 40.8 Å². The smallest absolute Gasteiger partial charge is 0.320 e. The van der Waals surface area contributed by atoms with Crippen molar-refractivity contribution >= 4 is 11.9 Å². The van der Waals surface area contributed by atoms with Gasteiger partial charge in [-0.15, -0.1) is 0 Å². The minimum Gasteiger partial charge on any atom is -0.359 e.